The van der Waals surface area contributed by atoms with Crippen molar-refractivity contribution < 1.29 is 18.9 Å². The number of ketones is 1. The lowest BCUT2D eigenvalue weighted by molar-refractivity contribution is -0.384. The van der Waals surface area contributed by atoms with Crippen LogP contribution < -0.4 is 4.74 Å². The first-order valence-corrected chi connectivity index (χ1v) is 6.94. The first kappa shape index (κ1) is 15.1. The van der Waals surface area contributed by atoms with Crippen molar-refractivity contribution in [3.63, 3.8) is 0 Å². The second-order valence-electron chi connectivity index (χ2n) is 4.74. The van der Waals surface area contributed by atoms with E-state index in [2.05, 4.69) is 0 Å². The molecule has 0 aliphatic heterocycles. The van der Waals surface area contributed by atoms with Crippen LogP contribution in [0.2, 0.25) is 5.02 Å². The summed E-state index contributed by atoms with van der Waals surface area (Å²) >= 11 is 5.75. The quantitative estimate of drug-likeness (QED) is 0.406. The van der Waals surface area contributed by atoms with Crippen LogP contribution in [0, 0.1) is 10.1 Å². The third kappa shape index (κ3) is 2.64. The highest BCUT2D eigenvalue weighted by atomic mass is 35.5. The van der Waals surface area contributed by atoms with E-state index in [1.807, 2.05) is 0 Å². The van der Waals surface area contributed by atoms with Crippen LogP contribution in [-0.4, -0.2) is 17.8 Å². The molecule has 2 aromatic carbocycles. The van der Waals surface area contributed by atoms with Gasteiger partial charge in [0.15, 0.2) is 17.1 Å². The molecular weight excluding hydrogens is 322 g/mol. The van der Waals surface area contributed by atoms with Gasteiger partial charge in [0.1, 0.15) is 5.02 Å². The van der Waals surface area contributed by atoms with Gasteiger partial charge in [0, 0.05) is 17.0 Å². The number of benzene rings is 2. The van der Waals surface area contributed by atoms with Crippen LogP contribution in [0.5, 0.6) is 5.75 Å². The largest absolute Gasteiger partial charge is 0.493 e. The molecular formula is C16H10ClNO5. The minimum atomic E-state index is -0.638. The number of nitro benzene ring substituents is 1. The summed E-state index contributed by atoms with van der Waals surface area (Å²) in [5.74, 6) is 0.104. The van der Waals surface area contributed by atoms with Crippen molar-refractivity contribution in [2.24, 2.45) is 0 Å². The lowest BCUT2D eigenvalue weighted by Gasteiger charge is -2.00. The van der Waals surface area contributed by atoms with E-state index in [0.29, 0.717) is 16.7 Å². The standard InChI is InChI=1S/C16H10ClNO5/c1-22-13-4-2-3-10-8-14(23-16(10)13)15(19)9-5-6-11(17)12(7-9)18(20)21/h2-8H,1H3. The normalized spacial score (nSPS) is 10.7. The van der Waals surface area contributed by atoms with Gasteiger partial charge in [0.2, 0.25) is 5.78 Å². The Kier molecular flexibility index (Phi) is 3.75. The Morgan fingerprint density at radius 3 is 2.74 bits per heavy atom. The Bertz CT molecular complexity index is 931. The monoisotopic (exact) mass is 331 g/mol. The fourth-order valence-electron chi connectivity index (χ4n) is 2.25. The summed E-state index contributed by atoms with van der Waals surface area (Å²) in [7, 11) is 1.50. The molecule has 0 saturated carbocycles. The van der Waals surface area contributed by atoms with Gasteiger partial charge in [0.25, 0.3) is 5.69 Å². The number of carbonyl (C=O) groups excluding carboxylic acids is 1. The number of methoxy groups -OCH3 is 1. The molecule has 3 aromatic rings. The number of furan rings is 1. The van der Waals surface area contributed by atoms with Gasteiger partial charge in [-0.2, -0.15) is 0 Å². The maximum atomic E-state index is 12.5. The Balaban J connectivity index is 2.07. The molecule has 0 atom stereocenters. The maximum Gasteiger partial charge on any atom is 0.288 e. The van der Waals surface area contributed by atoms with Crippen LogP contribution in [0.3, 0.4) is 0 Å². The SMILES string of the molecule is COc1cccc2cc(C(=O)c3ccc(Cl)c([N+](=O)[O-])c3)oc12. The van der Waals surface area contributed by atoms with E-state index < -0.39 is 10.7 Å². The molecule has 0 saturated heterocycles. The second kappa shape index (κ2) is 5.73. The van der Waals surface area contributed by atoms with E-state index in [0.717, 1.165) is 6.07 Å². The summed E-state index contributed by atoms with van der Waals surface area (Å²) in [6.07, 6.45) is 0. The highest BCUT2D eigenvalue weighted by Crippen LogP contribution is 2.31. The van der Waals surface area contributed by atoms with Crippen molar-refractivity contribution in [2.45, 2.75) is 0 Å². The van der Waals surface area contributed by atoms with Crippen LogP contribution in [0.25, 0.3) is 11.0 Å². The number of fused-ring (bicyclic) bond motifs is 1. The number of hydrogen-bond acceptors (Lipinski definition) is 5. The molecule has 23 heavy (non-hydrogen) atoms. The van der Waals surface area contributed by atoms with Gasteiger partial charge in [-0.15, -0.1) is 0 Å². The first-order chi connectivity index (χ1) is 11.0. The Hall–Kier alpha value is -2.86. The van der Waals surface area contributed by atoms with Gasteiger partial charge >= 0.3 is 0 Å². The van der Waals surface area contributed by atoms with Crippen molar-refractivity contribution in [1.29, 1.82) is 0 Å². The molecule has 0 aliphatic rings. The smallest absolute Gasteiger partial charge is 0.288 e. The highest BCUT2D eigenvalue weighted by Gasteiger charge is 2.20. The van der Waals surface area contributed by atoms with E-state index in [4.69, 9.17) is 20.8 Å². The summed E-state index contributed by atoms with van der Waals surface area (Å²) in [5.41, 5.74) is 0.243. The Morgan fingerprint density at radius 1 is 1.26 bits per heavy atom. The van der Waals surface area contributed by atoms with Crippen molar-refractivity contribution in [3.05, 3.63) is 68.9 Å². The number of hydrogen-bond donors (Lipinski definition) is 0. The molecule has 0 unspecified atom stereocenters. The molecule has 0 radical (unpaired) electrons. The van der Waals surface area contributed by atoms with Crippen molar-refractivity contribution in [3.8, 4) is 5.75 Å². The molecule has 1 aromatic heterocycles. The van der Waals surface area contributed by atoms with Crippen LogP contribution >= 0.6 is 11.6 Å². The summed E-state index contributed by atoms with van der Waals surface area (Å²) in [5, 5.41) is 11.6. The average Bonchev–Trinajstić information content (AvgIpc) is 2.98. The molecule has 0 aliphatic carbocycles. The molecule has 1 heterocycles. The lowest BCUT2D eigenvalue weighted by atomic mass is 10.1. The van der Waals surface area contributed by atoms with E-state index in [1.54, 1.807) is 24.3 Å². The van der Waals surface area contributed by atoms with Gasteiger partial charge in [-0.25, -0.2) is 0 Å². The number of rotatable bonds is 4. The van der Waals surface area contributed by atoms with Gasteiger partial charge in [-0.3, -0.25) is 14.9 Å². The molecule has 3 rings (SSSR count). The fraction of sp³-hybridized carbons (Fsp3) is 0.0625. The summed E-state index contributed by atoms with van der Waals surface area (Å²) in [6.45, 7) is 0. The fourth-order valence-corrected chi connectivity index (χ4v) is 2.43. The molecule has 116 valence electrons. The number of nitrogens with zero attached hydrogens (tertiary/aromatic N) is 1. The minimum absolute atomic E-state index is 0.0298. The predicted molar refractivity (Wildman–Crippen MR) is 84.3 cm³/mol. The zero-order chi connectivity index (χ0) is 16.6. The number of para-hydroxylation sites is 1. The highest BCUT2D eigenvalue weighted by molar-refractivity contribution is 6.32. The number of ether oxygens (including phenoxy) is 1. The maximum absolute atomic E-state index is 12.5. The molecule has 0 fully saturated rings. The van der Waals surface area contributed by atoms with Crippen LogP contribution in [0.1, 0.15) is 16.1 Å². The first-order valence-electron chi connectivity index (χ1n) is 6.56. The summed E-state index contributed by atoms with van der Waals surface area (Å²) in [6, 6.07) is 10.7. The predicted octanol–water partition coefficient (Wildman–Crippen LogP) is 4.23. The van der Waals surface area contributed by atoms with Crippen molar-refractivity contribution in [2.75, 3.05) is 7.11 Å². The molecule has 0 amide bonds. The minimum Gasteiger partial charge on any atom is -0.493 e. The van der Waals surface area contributed by atoms with Crippen molar-refractivity contribution in [1.82, 2.24) is 0 Å². The number of nitro groups is 1. The molecule has 6 nitrogen and oxygen atoms in total. The van der Waals surface area contributed by atoms with E-state index in [9.17, 15) is 14.9 Å². The van der Waals surface area contributed by atoms with Crippen LogP contribution in [-0.2, 0) is 0 Å². The lowest BCUT2D eigenvalue weighted by Crippen LogP contribution is -2.01. The molecule has 0 bridgehead atoms. The van der Waals surface area contributed by atoms with Gasteiger partial charge in [-0.1, -0.05) is 23.7 Å². The molecule has 7 heteroatoms. The summed E-state index contributed by atoms with van der Waals surface area (Å²) in [4.78, 5) is 22.8. The Morgan fingerprint density at radius 2 is 2.04 bits per heavy atom. The average molecular weight is 332 g/mol. The van der Waals surface area contributed by atoms with Crippen molar-refractivity contribution >= 4 is 34.0 Å². The van der Waals surface area contributed by atoms with E-state index in [-0.39, 0.29) is 22.0 Å². The second-order valence-corrected chi connectivity index (χ2v) is 5.15. The third-order valence-electron chi connectivity index (χ3n) is 3.36. The van der Waals surface area contributed by atoms with Crippen LogP contribution in [0.15, 0.2) is 46.9 Å². The van der Waals surface area contributed by atoms with Crippen LogP contribution in [0.4, 0.5) is 5.69 Å². The zero-order valence-corrected chi connectivity index (χ0v) is 12.7. The number of carbonyl (C=O) groups is 1. The molecule has 0 N–H and O–H groups in total. The van der Waals surface area contributed by atoms with E-state index >= 15 is 0 Å². The molecule has 0 spiro atoms. The number of halogens is 1. The van der Waals surface area contributed by atoms with Gasteiger partial charge in [0.05, 0.1) is 12.0 Å². The van der Waals surface area contributed by atoms with Gasteiger partial charge < -0.3 is 9.15 Å². The summed E-state index contributed by atoms with van der Waals surface area (Å²) < 4.78 is 10.7. The van der Waals surface area contributed by atoms with E-state index in [1.165, 1.54) is 19.2 Å². The topological polar surface area (TPSA) is 82.6 Å². The third-order valence-corrected chi connectivity index (χ3v) is 3.68. The Labute approximate surface area is 135 Å². The zero-order valence-electron chi connectivity index (χ0n) is 11.9. The van der Waals surface area contributed by atoms with Gasteiger partial charge in [-0.05, 0) is 24.3 Å².